The molecule has 0 radical (unpaired) electrons. The zero-order valence-electron chi connectivity index (χ0n) is 10.7. The van der Waals surface area contributed by atoms with Gasteiger partial charge in [-0.3, -0.25) is 4.90 Å². The van der Waals surface area contributed by atoms with Crippen LogP contribution in [0.5, 0.6) is 0 Å². The molecule has 1 aliphatic heterocycles. The number of hydrogen-bond acceptors (Lipinski definition) is 2. The predicted octanol–water partition coefficient (Wildman–Crippen LogP) is 2.81. The van der Waals surface area contributed by atoms with Crippen LogP contribution < -0.4 is 0 Å². The van der Waals surface area contributed by atoms with Gasteiger partial charge in [-0.15, -0.1) is 0 Å². The van der Waals surface area contributed by atoms with Crippen LogP contribution in [0.25, 0.3) is 0 Å². The second-order valence-electron chi connectivity index (χ2n) is 5.27. The van der Waals surface area contributed by atoms with Crippen LogP contribution in [-0.4, -0.2) is 28.7 Å². The van der Waals surface area contributed by atoms with Gasteiger partial charge in [-0.25, -0.2) is 0 Å². The highest BCUT2D eigenvalue weighted by atomic mass is 16.3. The minimum atomic E-state index is -0.443. The van der Waals surface area contributed by atoms with Crippen LogP contribution in [0, 0.1) is 0 Å². The summed E-state index contributed by atoms with van der Waals surface area (Å²) in [5.41, 5.74) is 0.898. The second kappa shape index (κ2) is 5.65. The third-order valence-electron chi connectivity index (χ3n) is 3.60. The summed E-state index contributed by atoms with van der Waals surface area (Å²) >= 11 is 0. The van der Waals surface area contributed by atoms with Crippen LogP contribution in [0.1, 0.15) is 38.2 Å². The fraction of sp³-hybridized carbons (Fsp3) is 0.600. The molecule has 1 aromatic rings. The first-order chi connectivity index (χ1) is 8.22. The lowest BCUT2D eigenvalue weighted by molar-refractivity contribution is -0.0396. The lowest BCUT2D eigenvalue weighted by atomic mass is 9.88. The lowest BCUT2D eigenvalue weighted by Crippen LogP contribution is -2.47. The Balaban J connectivity index is 1.94. The highest BCUT2D eigenvalue weighted by molar-refractivity contribution is 5.14. The van der Waals surface area contributed by atoms with Gasteiger partial charge in [0, 0.05) is 13.1 Å². The molecule has 1 aromatic carbocycles. The molecule has 0 spiro atoms. The van der Waals surface area contributed by atoms with Gasteiger partial charge < -0.3 is 5.11 Å². The topological polar surface area (TPSA) is 23.5 Å². The van der Waals surface area contributed by atoms with Crippen molar-refractivity contribution in [1.29, 1.82) is 0 Å². The molecule has 0 amide bonds. The Hall–Kier alpha value is -0.860. The molecular weight excluding hydrogens is 210 g/mol. The van der Waals surface area contributed by atoms with Crippen LogP contribution in [0.3, 0.4) is 0 Å². The van der Waals surface area contributed by atoms with E-state index in [2.05, 4.69) is 36.1 Å². The van der Waals surface area contributed by atoms with E-state index in [0.29, 0.717) is 0 Å². The molecule has 2 rings (SSSR count). The Bertz CT molecular complexity index is 334. The van der Waals surface area contributed by atoms with Crippen molar-refractivity contribution < 1.29 is 5.11 Å². The number of benzene rings is 1. The maximum atomic E-state index is 10.5. The molecule has 1 atom stereocenters. The van der Waals surface area contributed by atoms with Gasteiger partial charge in [0.05, 0.1) is 5.60 Å². The minimum absolute atomic E-state index is 0.443. The van der Waals surface area contributed by atoms with Gasteiger partial charge in [0.2, 0.25) is 0 Å². The van der Waals surface area contributed by atoms with Crippen LogP contribution in [-0.2, 0) is 6.54 Å². The average molecular weight is 233 g/mol. The quantitative estimate of drug-likeness (QED) is 0.864. The van der Waals surface area contributed by atoms with Crippen molar-refractivity contribution in [2.45, 2.75) is 44.8 Å². The van der Waals surface area contributed by atoms with Crippen molar-refractivity contribution in [2.24, 2.45) is 0 Å². The monoisotopic (exact) mass is 233 g/mol. The molecule has 0 aromatic heterocycles. The van der Waals surface area contributed by atoms with Gasteiger partial charge in [0.25, 0.3) is 0 Å². The number of β-amino-alcohol motifs (C(OH)–C–C–N with tert-alkyl or cyclic N) is 1. The van der Waals surface area contributed by atoms with Gasteiger partial charge in [-0.1, -0.05) is 43.7 Å². The Labute approximate surface area is 104 Å². The molecule has 0 bridgehead atoms. The molecular formula is C15H23NO. The van der Waals surface area contributed by atoms with E-state index in [1.807, 2.05) is 6.07 Å². The molecule has 94 valence electrons. The Kier molecular flexibility index (Phi) is 4.19. The summed E-state index contributed by atoms with van der Waals surface area (Å²) in [5, 5.41) is 10.5. The average Bonchev–Trinajstić information content (AvgIpc) is 2.30. The smallest absolute Gasteiger partial charge is 0.0774 e. The van der Waals surface area contributed by atoms with Crippen molar-refractivity contribution in [3.05, 3.63) is 35.9 Å². The maximum Gasteiger partial charge on any atom is 0.0774 e. The minimum Gasteiger partial charge on any atom is -0.389 e. The molecule has 17 heavy (non-hydrogen) atoms. The number of rotatable bonds is 4. The van der Waals surface area contributed by atoms with Crippen molar-refractivity contribution in [2.75, 3.05) is 13.1 Å². The third kappa shape index (κ3) is 3.55. The molecule has 1 aliphatic rings. The van der Waals surface area contributed by atoms with Gasteiger partial charge >= 0.3 is 0 Å². The van der Waals surface area contributed by atoms with Crippen LogP contribution in [0.15, 0.2) is 30.3 Å². The number of hydrogen-bond donors (Lipinski definition) is 1. The summed E-state index contributed by atoms with van der Waals surface area (Å²) in [7, 11) is 0. The summed E-state index contributed by atoms with van der Waals surface area (Å²) in [6.07, 6.45) is 4.07. The first kappa shape index (κ1) is 12.6. The van der Waals surface area contributed by atoms with Crippen molar-refractivity contribution in [3.63, 3.8) is 0 Å². The highest BCUT2D eigenvalue weighted by Crippen LogP contribution is 2.26. The molecule has 2 nitrogen and oxygen atoms in total. The Morgan fingerprint density at radius 2 is 2.06 bits per heavy atom. The molecule has 1 fully saturated rings. The second-order valence-corrected chi connectivity index (χ2v) is 5.27. The summed E-state index contributed by atoms with van der Waals surface area (Å²) in [5.74, 6) is 0. The lowest BCUT2D eigenvalue weighted by Gasteiger charge is -2.39. The third-order valence-corrected chi connectivity index (χ3v) is 3.60. The van der Waals surface area contributed by atoms with Gasteiger partial charge in [0.15, 0.2) is 0 Å². The summed E-state index contributed by atoms with van der Waals surface area (Å²) in [6.45, 7) is 5.05. The molecule has 1 saturated heterocycles. The fourth-order valence-corrected chi connectivity index (χ4v) is 2.85. The fourth-order valence-electron chi connectivity index (χ4n) is 2.85. The number of likely N-dealkylation sites (tertiary alicyclic amines) is 1. The van der Waals surface area contributed by atoms with E-state index in [9.17, 15) is 5.11 Å². The molecule has 0 aliphatic carbocycles. The summed E-state index contributed by atoms with van der Waals surface area (Å²) < 4.78 is 0. The molecule has 1 heterocycles. The van der Waals surface area contributed by atoms with Gasteiger partial charge in [-0.05, 0) is 31.4 Å². The Morgan fingerprint density at radius 3 is 2.76 bits per heavy atom. The Morgan fingerprint density at radius 1 is 1.29 bits per heavy atom. The molecule has 1 N–H and O–H groups in total. The number of nitrogens with zero attached hydrogens (tertiary/aromatic N) is 1. The summed E-state index contributed by atoms with van der Waals surface area (Å²) in [4.78, 5) is 2.38. The number of piperidine rings is 1. The highest BCUT2D eigenvalue weighted by Gasteiger charge is 2.31. The predicted molar refractivity (Wildman–Crippen MR) is 70.8 cm³/mol. The zero-order chi connectivity index (χ0) is 12.1. The molecule has 2 heteroatoms. The van der Waals surface area contributed by atoms with Crippen molar-refractivity contribution >= 4 is 0 Å². The van der Waals surface area contributed by atoms with Gasteiger partial charge in [-0.2, -0.15) is 0 Å². The van der Waals surface area contributed by atoms with E-state index in [1.165, 1.54) is 5.56 Å². The van der Waals surface area contributed by atoms with E-state index >= 15 is 0 Å². The van der Waals surface area contributed by atoms with Crippen LogP contribution in [0.4, 0.5) is 0 Å². The van der Waals surface area contributed by atoms with E-state index in [4.69, 9.17) is 0 Å². The number of aliphatic hydroxyl groups is 1. The van der Waals surface area contributed by atoms with Crippen LogP contribution in [0.2, 0.25) is 0 Å². The molecule has 0 saturated carbocycles. The van der Waals surface area contributed by atoms with E-state index in [0.717, 1.165) is 45.3 Å². The largest absolute Gasteiger partial charge is 0.389 e. The maximum absolute atomic E-state index is 10.5. The zero-order valence-corrected chi connectivity index (χ0v) is 10.7. The van der Waals surface area contributed by atoms with Crippen LogP contribution >= 0.6 is 0 Å². The molecule has 1 unspecified atom stereocenters. The standard InChI is InChI=1S/C15H23NO/c1-2-9-15(17)10-6-11-16(13-15)12-14-7-4-3-5-8-14/h3-5,7-8,17H,2,6,9-13H2,1H3. The normalized spacial score (nSPS) is 26.0. The first-order valence-corrected chi connectivity index (χ1v) is 6.70. The van der Waals surface area contributed by atoms with Crippen molar-refractivity contribution in [3.8, 4) is 0 Å². The van der Waals surface area contributed by atoms with Crippen molar-refractivity contribution in [1.82, 2.24) is 4.90 Å². The van der Waals surface area contributed by atoms with E-state index in [1.54, 1.807) is 0 Å². The summed E-state index contributed by atoms with van der Waals surface area (Å²) in [6, 6.07) is 10.5. The van der Waals surface area contributed by atoms with E-state index < -0.39 is 5.60 Å². The van der Waals surface area contributed by atoms with Gasteiger partial charge in [0.1, 0.15) is 0 Å². The van der Waals surface area contributed by atoms with E-state index in [-0.39, 0.29) is 0 Å². The SMILES string of the molecule is CCCC1(O)CCCN(Cc2ccccc2)C1. The first-order valence-electron chi connectivity index (χ1n) is 6.70.